The van der Waals surface area contributed by atoms with Crippen LogP contribution in [0.15, 0.2) is 28.7 Å². The van der Waals surface area contributed by atoms with E-state index in [1.165, 1.54) is 5.56 Å². The number of benzene rings is 1. The third-order valence-electron chi connectivity index (χ3n) is 3.07. The van der Waals surface area contributed by atoms with Crippen molar-refractivity contribution < 1.29 is 4.42 Å². The topological polar surface area (TPSA) is 61.9 Å². The van der Waals surface area contributed by atoms with Crippen LogP contribution in [0.1, 0.15) is 39.0 Å². The van der Waals surface area contributed by atoms with Crippen LogP contribution in [-0.2, 0) is 5.41 Å². The van der Waals surface area contributed by atoms with Crippen molar-refractivity contribution in [2.24, 2.45) is 0 Å². The van der Waals surface area contributed by atoms with Gasteiger partial charge in [0.25, 0.3) is 0 Å². The number of hydrogen-bond acceptors (Lipinski definition) is 4. The van der Waals surface area contributed by atoms with Gasteiger partial charge in [-0.25, -0.2) is 0 Å². The maximum Gasteiger partial charge on any atom is 0.232 e. The lowest BCUT2D eigenvalue weighted by Gasteiger charge is -2.18. The second-order valence-corrected chi connectivity index (χ2v) is 5.67. The molecular formula is C16H19N3O. The average molecular weight is 269 g/mol. The van der Waals surface area contributed by atoms with Gasteiger partial charge in [0.15, 0.2) is 0 Å². The maximum atomic E-state index is 9.04. The predicted octanol–water partition coefficient (Wildman–Crippen LogP) is 3.94. The zero-order chi connectivity index (χ0) is 14.8. The summed E-state index contributed by atoms with van der Waals surface area (Å²) in [5.41, 5.74) is 2.53. The van der Waals surface area contributed by atoms with Crippen molar-refractivity contribution in [3.8, 4) is 17.5 Å². The third-order valence-corrected chi connectivity index (χ3v) is 3.07. The highest BCUT2D eigenvalue weighted by Gasteiger charge is 2.16. The molecule has 2 rings (SSSR count). The highest BCUT2D eigenvalue weighted by Crippen LogP contribution is 2.28. The molecule has 2 aromatic rings. The lowest BCUT2D eigenvalue weighted by molar-refractivity contribution is 0.583. The first-order valence-corrected chi connectivity index (χ1v) is 6.71. The summed E-state index contributed by atoms with van der Waals surface area (Å²) in [7, 11) is 0. The molecule has 1 heterocycles. The normalized spacial score (nSPS) is 11.2. The van der Waals surface area contributed by atoms with E-state index < -0.39 is 0 Å². The summed E-state index contributed by atoms with van der Waals surface area (Å²) in [5.74, 6) is 0.905. The monoisotopic (exact) mass is 269 g/mol. The van der Waals surface area contributed by atoms with Crippen molar-refractivity contribution in [2.75, 3.05) is 11.9 Å². The van der Waals surface area contributed by atoms with E-state index in [1.807, 2.05) is 25.1 Å². The van der Waals surface area contributed by atoms with E-state index in [0.717, 1.165) is 5.56 Å². The molecule has 0 saturated heterocycles. The summed E-state index contributed by atoms with van der Waals surface area (Å²) in [6.07, 6.45) is 0. The molecule has 4 heteroatoms. The van der Waals surface area contributed by atoms with Gasteiger partial charge in [-0.15, -0.1) is 0 Å². The molecule has 0 aliphatic carbocycles. The zero-order valence-electron chi connectivity index (χ0n) is 12.3. The van der Waals surface area contributed by atoms with Gasteiger partial charge in [0.05, 0.1) is 0 Å². The maximum absolute atomic E-state index is 9.04. The smallest absolute Gasteiger partial charge is 0.232 e. The van der Waals surface area contributed by atoms with Crippen LogP contribution in [0.4, 0.5) is 5.88 Å². The van der Waals surface area contributed by atoms with Gasteiger partial charge in [0.1, 0.15) is 6.07 Å². The molecule has 1 aromatic carbocycles. The van der Waals surface area contributed by atoms with Gasteiger partial charge in [0, 0.05) is 12.1 Å². The van der Waals surface area contributed by atoms with Crippen LogP contribution in [-0.4, -0.2) is 11.5 Å². The predicted molar refractivity (Wildman–Crippen MR) is 79.5 cm³/mol. The average Bonchev–Trinajstić information content (AvgIpc) is 2.81. The number of nitrogens with zero attached hydrogens (tertiary/aromatic N) is 2. The molecule has 0 amide bonds. The van der Waals surface area contributed by atoms with E-state index in [4.69, 9.17) is 9.68 Å². The van der Waals surface area contributed by atoms with E-state index >= 15 is 0 Å². The summed E-state index contributed by atoms with van der Waals surface area (Å²) in [4.78, 5) is 4.22. The molecule has 0 aliphatic heterocycles. The molecule has 0 fully saturated rings. The molecule has 104 valence electrons. The number of hydrogen-bond donors (Lipinski definition) is 1. The number of anilines is 1. The van der Waals surface area contributed by atoms with Crippen molar-refractivity contribution in [3.63, 3.8) is 0 Å². The molecule has 0 bridgehead atoms. The van der Waals surface area contributed by atoms with Gasteiger partial charge < -0.3 is 9.73 Å². The van der Waals surface area contributed by atoms with E-state index in [9.17, 15) is 0 Å². The van der Waals surface area contributed by atoms with Crippen molar-refractivity contribution in [1.82, 2.24) is 4.98 Å². The molecule has 1 aromatic heterocycles. The summed E-state index contributed by atoms with van der Waals surface area (Å²) >= 11 is 0. The van der Waals surface area contributed by atoms with Gasteiger partial charge >= 0.3 is 0 Å². The lowest BCUT2D eigenvalue weighted by Crippen LogP contribution is -2.10. The van der Waals surface area contributed by atoms with Crippen LogP contribution in [0.5, 0.6) is 0 Å². The van der Waals surface area contributed by atoms with E-state index in [2.05, 4.69) is 43.2 Å². The van der Waals surface area contributed by atoms with Gasteiger partial charge in [-0.2, -0.15) is 10.2 Å². The van der Waals surface area contributed by atoms with Crippen LogP contribution in [0, 0.1) is 11.3 Å². The lowest BCUT2D eigenvalue weighted by atomic mass is 9.87. The fraction of sp³-hybridized carbons (Fsp3) is 0.375. The molecule has 0 saturated carbocycles. The van der Waals surface area contributed by atoms with Crippen molar-refractivity contribution >= 4 is 5.88 Å². The van der Waals surface area contributed by atoms with Gasteiger partial charge in [-0.1, -0.05) is 32.9 Å². The fourth-order valence-electron chi connectivity index (χ4n) is 1.91. The second kappa shape index (κ2) is 5.38. The van der Waals surface area contributed by atoms with Crippen LogP contribution < -0.4 is 5.32 Å². The Balaban J connectivity index is 2.35. The summed E-state index contributed by atoms with van der Waals surface area (Å²) in [6.45, 7) is 9.15. The van der Waals surface area contributed by atoms with Crippen LogP contribution in [0.3, 0.4) is 0 Å². The first-order chi connectivity index (χ1) is 9.45. The number of oxazole rings is 1. The van der Waals surface area contributed by atoms with Crippen molar-refractivity contribution in [3.05, 3.63) is 35.5 Å². The second-order valence-electron chi connectivity index (χ2n) is 5.67. The minimum absolute atomic E-state index is 0.113. The van der Waals surface area contributed by atoms with Crippen LogP contribution >= 0.6 is 0 Å². The Labute approximate surface area is 119 Å². The van der Waals surface area contributed by atoms with Gasteiger partial charge in [-0.05, 0) is 30.0 Å². The Kier molecular flexibility index (Phi) is 3.80. The highest BCUT2D eigenvalue weighted by atomic mass is 16.4. The SMILES string of the molecule is CCNc1oc(-c2ccc(C(C)(C)C)cc2)nc1C#N. The molecule has 0 aliphatic rings. The first kappa shape index (κ1) is 14.1. The Bertz CT molecular complexity index is 627. The largest absolute Gasteiger partial charge is 0.419 e. The molecule has 1 N–H and O–H groups in total. The van der Waals surface area contributed by atoms with Crippen molar-refractivity contribution in [2.45, 2.75) is 33.1 Å². The van der Waals surface area contributed by atoms with E-state index in [1.54, 1.807) is 0 Å². The number of aromatic nitrogens is 1. The van der Waals surface area contributed by atoms with Gasteiger partial charge in [0.2, 0.25) is 17.5 Å². The Morgan fingerprint density at radius 2 is 1.90 bits per heavy atom. The molecule has 20 heavy (non-hydrogen) atoms. The number of nitriles is 1. The third kappa shape index (κ3) is 2.83. The van der Waals surface area contributed by atoms with E-state index in [-0.39, 0.29) is 5.41 Å². The number of nitrogens with one attached hydrogen (secondary N) is 1. The molecule has 0 spiro atoms. The van der Waals surface area contributed by atoms with Crippen LogP contribution in [0.2, 0.25) is 0 Å². The fourth-order valence-corrected chi connectivity index (χ4v) is 1.91. The molecule has 4 nitrogen and oxygen atoms in total. The van der Waals surface area contributed by atoms with Crippen molar-refractivity contribution in [1.29, 1.82) is 5.26 Å². The Morgan fingerprint density at radius 3 is 2.40 bits per heavy atom. The summed E-state index contributed by atoms with van der Waals surface area (Å²) in [6, 6.07) is 10.1. The minimum Gasteiger partial charge on any atom is -0.419 e. The summed E-state index contributed by atoms with van der Waals surface area (Å²) in [5, 5.41) is 12.0. The standard InChI is InChI=1S/C16H19N3O/c1-5-18-15-13(10-17)19-14(20-15)11-6-8-12(9-7-11)16(2,3)4/h6-9,18H,5H2,1-4H3. The van der Waals surface area contributed by atoms with Crippen LogP contribution in [0.25, 0.3) is 11.5 Å². The van der Waals surface area contributed by atoms with Gasteiger partial charge in [-0.3, -0.25) is 0 Å². The van der Waals surface area contributed by atoms with E-state index in [0.29, 0.717) is 24.0 Å². The molecule has 0 radical (unpaired) electrons. The first-order valence-electron chi connectivity index (χ1n) is 6.71. The number of rotatable bonds is 3. The minimum atomic E-state index is 0.113. The molecular weight excluding hydrogens is 250 g/mol. The molecule has 0 unspecified atom stereocenters. The quantitative estimate of drug-likeness (QED) is 0.916. The Morgan fingerprint density at radius 1 is 1.25 bits per heavy atom. The Hall–Kier alpha value is -2.28. The zero-order valence-corrected chi connectivity index (χ0v) is 12.3. The summed E-state index contributed by atoms with van der Waals surface area (Å²) < 4.78 is 5.61. The molecule has 0 atom stereocenters. The highest BCUT2D eigenvalue weighted by molar-refractivity contribution is 5.59.